The summed E-state index contributed by atoms with van der Waals surface area (Å²) < 4.78 is 0. The fourth-order valence-electron chi connectivity index (χ4n) is 4.46. The SMILES string of the molecule is OC(CSc1ccccc1)CN1CCN(CCC(c2ccccc2)c2ccccc2)CC1. The highest BCUT2D eigenvalue weighted by Gasteiger charge is 2.21. The molecule has 32 heavy (non-hydrogen) atoms. The van der Waals surface area contributed by atoms with Crippen molar-refractivity contribution < 1.29 is 5.11 Å². The van der Waals surface area contributed by atoms with Crippen molar-refractivity contribution in [2.75, 3.05) is 45.0 Å². The molecule has 0 radical (unpaired) electrons. The zero-order chi connectivity index (χ0) is 22.0. The summed E-state index contributed by atoms with van der Waals surface area (Å²) >= 11 is 1.74. The Morgan fingerprint density at radius 1 is 0.688 bits per heavy atom. The highest BCUT2D eigenvalue weighted by molar-refractivity contribution is 7.99. The van der Waals surface area contributed by atoms with Gasteiger partial charge in [-0.2, -0.15) is 0 Å². The van der Waals surface area contributed by atoms with Crippen LogP contribution in [-0.2, 0) is 0 Å². The molecule has 1 saturated heterocycles. The second-order valence-electron chi connectivity index (χ2n) is 8.58. The normalized spacial score (nSPS) is 16.3. The van der Waals surface area contributed by atoms with Crippen LogP contribution in [0, 0.1) is 0 Å². The lowest BCUT2D eigenvalue weighted by Gasteiger charge is -2.36. The van der Waals surface area contributed by atoms with Gasteiger partial charge in [0.05, 0.1) is 6.10 Å². The third kappa shape index (κ3) is 6.94. The van der Waals surface area contributed by atoms with E-state index in [1.165, 1.54) is 16.0 Å². The molecule has 0 aliphatic carbocycles. The average Bonchev–Trinajstić information content (AvgIpc) is 2.86. The van der Waals surface area contributed by atoms with E-state index in [2.05, 4.69) is 82.6 Å². The molecule has 3 nitrogen and oxygen atoms in total. The Bertz CT molecular complexity index is 859. The highest BCUT2D eigenvalue weighted by Crippen LogP contribution is 2.28. The molecule has 0 spiro atoms. The molecule has 1 heterocycles. The van der Waals surface area contributed by atoms with Gasteiger partial charge in [-0.15, -0.1) is 11.8 Å². The van der Waals surface area contributed by atoms with E-state index in [1.807, 2.05) is 18.2 Å². The van der Waals surface area contributed by atoms with Gasteiger partial charge in [0.15, 0.2) is 0 Å². The fraction of sp³-hybridized carbons (Fsp3) is 0.357. The van der Waals surface area contributed by atoms with Crippen LogP contribution < -0.4 is 0 Å². The molecular weight excluding hydrogens is 412 g/mol. The lowest BCUT2D eigenvalue weighted by molar-refractivity contribution is 0.0818. The number of hydrogen-bond donors (Lipinski definition) is 1. The summed E-state index contributed by atoms with van der Waals surface area (Å²) in [5, 5.41) is 10.5. The van der Waals surface area contributed by atoms with E-state index in [0.717, 1.165) is 51.4 Å². The number of β-amino-alcohol motifs (C(OH)–C–C–N with tert-alkyl or cyclic N) is 1. The predicted molar refractivity (Wildman–Crippen MR) is 135 cm³/mol. The van der Waals surface area contributed by atoms with Crippen molar-refractivity contribution in [1.29, 1.82) is 0 Å². The molecule has 1 unspecified atom stereocenters. The van der Waals surface area contributed by atoms with Crippen LogP contribution in [0.15, 0.2) is 95.9 Å². The summed E-state index contributed by atoms with van der Waals surface area (Å²) in [5.41, 5.74) is 2.80. The maximum Gasteiger partial charge on any atom is 0.0760 e. The first-order chi connectivity index (χ1) is 15.8. The van der Waals surface area contributed by atoms with E-state index in [-0.39, 0.29) is 6.10 Å². The Morgan fingerprint density at radius 2 is 1.19 bits per heavy atom. The van der Waals surface area contributed by atoms with Crippen LogP contribution in [0.4, 0.5) is 0 Å². The molecule has 4 rings (SSSR count). The maximum absolute atomic E-state index is 10.5. The Morgan fingerprint density at radius 3 is 1.75 bits per heavy atom. The number of benzene rings is 3. The molecule has 1 atom stereocenters. The number of hydrogen-bond acceptors (Lipinski definition) is 4. The van der Waals surface area contributed by atoms with Gasteiger partial charge >= 0.3 is 0 Å². The van der Waals surface area contributed by atoms with Crippen molar-refractivity contribution in [3.05, 3.63) is 102 Å². The lowest BCUT2D eigenvalue weighted by atomic mass is 9.88. The van der Waals surface area contributed by atoms with E-state index in [4.69, 9.17) is 0 Å². The number of aliphatic hydroxyl groups is 1. The number of aliphatic hydroxyl groups excluding tert-OH is 1. The molecule has 1 N–H and O–H groups in total. The Balaban J connectivity index is 1.22. The molecule has 3 aromatic rings. The smallest absolute Gasteiger partial charge is 0.0760 e. The number of piperazine rings is 1. The average molecular weight is 447 g/mol. The summed E-state index contributed by atoms with van der Waals surface area (Å²) in [7, 11) is 0. The van der Waals surface area contributed by atoms with Crippen molar-refractivity contribution in [2.45, 2.75) is 23.3 Å². The van der Waals surface area contributed by atoms with Crippen molar-refractivity contribution in [2.24, 2.45) is 0 Å². The van der Waals surface area contributed by atoms with E-state index in [0.29, 0.717) is 5.92 Å². The molecule has 1 fully saturated rings. The minimum Gasteiger partial charge on any atom is -0.391 e. The second-order valence-corrected chi connectivity index (χ2v) is 9.68. The molecule has 1 aliphatic rings. The van der Waals surface area contributed by atoms with Gasteiger partial charge in [0.2, 0.25) is 0 Å². The summed E-state index contributed by atoms with van der Waals surface area (Å²) in [6, 6.07) is 32.1. The van der Waals surface area contributed by atoms with Crippen LogP contribution in [0.25, 0.3) is 0 Å². The van der Waals surface area contributed by atoms with Gasteiger partial charge in [-0.1, -0.05) is 78.9 Å². The van der Waals surface area contributed by atoms with Crippen LogP contribution in [0.3, 0.4) is 0 Å². The van der Waals surface area contributed by atoms with Gasteiger partial charge in [-0.3, -0.25) is 4.90 Å². The van der Waals surface area contributed by atoms with Crippen LogP contribution in [0.2, 0.25) is 0 Å². The van der Waals surface area contributed by atoms with E-state index in [9.17, 15) is 5.11 Å². The van der Waals surface area contributed by atoms with Crippen LogP contribution in [0.5, 0.6) is 0 Å². The predicted octanol–water partition coefficient (Wildman–Crippen LogP) is 4.98. The maximum atomic E-state index is 10.5. The first-order valence-electron chi connectivity index (χ1n) is 11.7. The summed E-state index contributed by atoms with van der Waals surface area (Å²) in [5.74, 6) is 1.19. The van der Waals surface area contributed by atoms with Crippen molar-refractivity contribution in [1.82, 2.24) is 9.80 Å². The summed E-state index contributed by atoms with van der Waals surface area (Å²) in [4.78, 5) is 6.22. The Hall–Kier alpha value is -2.11. The van der Waals surface area contributed by atoms with Crippen molar-refractivity contribution in [3.63, 3.8) is 0 Å². The third-order valence-corrected chi connectivity index (χ3v) is 7.41. The van der Waals surface area contributed by atoms with Gasteiger partial charge < -0.3 is 10.0 Å². The standard InChI is InChI=1S/C28H34N2OS/c31-26(23-32-27-14-8-3-9-15-27)22-30-20-18-29(19-21-30)17-16-28(24-10-4-1-5-11-24)25-12-6-2-7-13-25/h1-15,26,28,31H,16-23H2. The topological polar surface area (TPSA) is 26.7 Å². The van der Waals surface area contributed by atoms with Gasteiger partial charge in [0.1, 0.15) is 0 Å². The minimum absolute atomic E-state index is 0.285. The molecule has 0 aromatic heterocycles. The molecule has 3 aromatic carbocycles. The second kappa shape index (κ2) is 12.2. The molecule has 1 aliphatic heterocycles. The number of nitrogens with zero attached hydrogens (tertiary/aromatic N) is 2. The van der Waals surface area contributed by atoms with Gasteiger partial charge in [0.25, 0.3) is 0 Å². The molecule has 0 saturated carbocycles. The van der Waals surface area contributed by atoms with Crippen molar-refractivity contribution in [3.8, 4) is 0 Å². The number of thioether (sulfide) groups is 1. The zero-order valence-electron chi connectivity index (χ0n) is 18.7. The Labute approximate surface area is 197 Å². The largest absolute Gasteiger partial charge is 0.391 e. The molecular formula is C28H34N2OS. The third-order valence-electron chi connectivity index (χ3n) is 6.26. The molecule has 0 amide bonds. The summed E-state index contributed by atoms with van der Waals surface area (Å²) in [6.07, 6.45) is 0.844. The molecule has 0 bridgehead atoms. The van der Waals surface area contributed by atoms with E-state index >= 15 is 0 Å². The minimum atomic E-state index is -0.285. The van der Waals surface area contributed by atoms with E-state index < -0.39 is 0 Å². The first kappa shape index (κ1) is 23.1. The molecule has 168 valence electrons. The van der Waals surface area contributed by atoms with Crippen molar-refractivity contribution >= 4 is 11.8 Å². The number of rotatable bonds is 10. The lowest BCUT2D eigenvalue weighted by Crippen LogP contribution is -2.49. The quantitative estimate of drug-likeness (QED) is 0.445. The fourth-order valence-corrected chi connectivity index (χ4v) is 5.30. The van der Waals surface area contributed by atoms with Gasteiger partial charge in [0, 0.05) is 49.3 Å². The van der Waals surface area contributed by atoms with Gasteiger partial charge in [-0.05, 0) is 36.2 Å². The van der Waals surface area contributed by atoms with Gasteiger partial charge in [-0.25, -0.2) is 0 Å². The van der Waals surface area contributed by atoms with E-state index in [1.54, 1.807) is 11.8 Å². The zero-order valence-corrected chi connectivity index (χ0v) is 19.5. The monoisotopic (exact) mass is 446 g/mol. The van der Waals surface area contributed by atoms with Crippen LogP contribution in [-0.4, -0.2) is 66.0 Å². The first-order valence-corrected chi connectivity index (χ1v) is 12.7. The molecule has 4 heteroatoms. The summed E-state index contributed by atoms with van der Waals surface area (Å²) in [6.45, 7) is 6.10. The van der Waals surface area contributed by atoms with Crippen LogP contribution in [0.1, 0.15) is 23.5 Å². The highest BCUT2D eigenvalue weighted by atomic mass is 32.2. The Kier molecular flexibility index (Phi) is 8.80. The van der Waals surface area contributed by atoms with Crippen LogP contribution >= 0.6 is 11.8 Å².